The molecule has 0 aliphatic rings. The molecule has 0 saturated carbocycles. The Hall–Kier alpha value is -1.13. The van der Waals surface area contributed by atoms with Gasteiger partial charge in [0, 0.05) is 24.4 Å². The summed E-state index contributed by atoms with van der Waals surface area (Å²) in [5.41, 5.74) is 1.09. The van der Waals surface area contributed by atoms with Gasteiger partial charge in [0.1, 0.15) is 6.61 Å². The molecule has 0 spiro atoms. The molecule has 0 fully saturated rings. The molecule has 102 valence electrons. The summed E-state index contributed by atoms with van der Waals surface area (Å²) in [6.45, 7) is 9.16. The van der Waals surface area contributed by atoms with Gasteiger partial charge < -0.3 is 14.8 Å². The Morgan fingerprint density at radius 1 is 1.28 bits per heavy atom. The third-order valence-electron chi connectivity index (χ3n) is 2.59. The average molecular weight is 252 g/mol. The number of hydrogen-bond donors (Lipinski definition) is 1. The van der Waals surface area contributed by atoms with Crippen molar-refractivity contribution >= 4 is 0 Å². The minimum atomic E-state index is 0.246. The second-order valence-corrected chi connectivity index (χ2v) is 4.14. The highest BCUT2D eigenvalue weighted by molar-refractivity contribution is 5.28. The number of nitrogens with one attached hydrogen (secondary N) is 1. The lowest BCUT2D eigenvalue weighted by Crippen LogP contribution is -2.19. The highest BCUT2D eigenvalue weighted by atomic mass is 16.5. The minimum Gasteiger partial charge on any atom is -0.475 e. The molecule has 0 amide bonds. The summed E-state index contributed by atoms with van der Waals surface area (Å²) in [6.07, 6.45) is 2.79. The van der Waals surface area contributed by atoms with Gasteiger partial charge in [-0.05, 0) is 26.0 Å². The van der Waals surface area contributed by atoms with Crippen molar-refractivity contribution in [1.29, 1.82) is 0 Å². The predicted octanol–water partition coefficient (Wildman–Crippen LogP) is 2.56. The average Bonchev–Trinajstić information content (AvgIpc) is 2.39. The van der Waals surface area contributed by atoms with Crippen molar-refractivity contribution < 1.29 is 9.47 Å². The molecular formula is C14H24N2O2. The molecule has 4 nitrogen and oxygen atoms in total. The summed E-state index contributed by atoms with van der Waals surface area (Å²) in [6, 6.07) is 4.22. The molecule has 1 rings (SSSR count). The lowest BCUT2D eigenvalue weighted by atomic mass is 10.1. The van der Waals surface area contributed by atoms with E-state index in [1.807, 2.05) is 12.1 Å². The van der Waals surface area contributed by atoms with Crippen LogP contribution < -0.4 is 10.1 Å². The van der Waals surface area contributed by atoms with Gasteiger partial charge in [0.15, 0.2) is 0 Å². The maximum atomic E-state index is 5.68. The topological polar surface area (TPSA) is 43.4 Å². The molecule has 0 aliphatic heterocycles. The van der Waals surface area contributed by atoms with Crippen LogP contribution in [0, 0.1) is 0 Å². The molecule has 0 aromatic carbocycles. The van der Waals surface area contributed by atoms with E-state index < -0.39 is 0 Å². The van der Waals surface area contributed by atoms with Crippen LogP contribution in [0.25, 0.3) is 0 Å². The Morgan fingerprint density at radius 2 is 2.11 bits per heavy atom. The Morgan fingerprint density at radius 3 is 2.83 bits per heavy atom. The molecule has 4 heteroatoms. The van der Waals surface area contributed by atoms with Gasteiger partial charge in [-0.2, -0.15) is 0 Å². The van der Waals surface area contributed by atoms with E-state index in [4.69, 9.17) is 9.47 Å². The lowest BCUT2D eigenvalue weighted by molar-refractivity contribution is 0.0984. The number of pyridine rings is 1. The zero-order valence-electron chi connectivity index (χ0n) is 11.6. The van der Waals surface area contributed by atoms with Crippen LogP contribution in [0.3, 0.4) is 0 Å². The van der Waals surface area contributed by atoms with Crippen molar-refractivity contribution in [3.05, 3.63) is 23.9 Å². The number of nitrogens with zero attached hydrogens (tertiary/aromatic N) is 1. The molecule has 1 aromatic heterocycles. The number of ether oxygens (including phenoxy) is 2. The van der Waals surface area contributed by atoms with Gasteiger partial charge in [-0.3, -0.25) is 0 Å². The molecule has 1 unspecified atom stereocenters. The first-order valence-electron chi connectivity index (χ1n) is 6.68. The molecule has 18 heavy (non-hydrogen) atoms. The molecule has 1 N–H and O–H groups in total. The monoisotopic (exact) mass is 252 g/mol. The normalized spacial score (nSPS) is 12.4. The van der Waals surface area contributed by atoms with E-state index in [0.717, 1.165) is 25.1 Å². The quantitative estimate of drug-likeness (QED) is 0.686. The second kappa shape index (κ2) is 8.89. The van der Waals surface area contributed by atoms with Crippen molar-refractivity contribution in [2.45, 2.75) is 33.2 Å². The van der Waals surface area contributed by atoms with E-state index in [1.54, 1.807) is 6.20 Å². The standard InChI is InChI=1S/C14H24N2O2/c1-4-9-17-10-11-18-14-13(7-6-8-16-14)12(3)15-5-2/h6-8,12,15H,4-5,9-11H2,1-3H3. The SMILES string of the molecule is CCCOCCOc1ncccc1C(C)NCC. The van der Waals surface area contributed by atoms with Crippen LogP contribution in [-0.4, -0.2) is 31.3 Å². The van der Waals surface area contributed by atoms with E-state index in [9.17, 15) is 0 Å². The third-order valence-corrected chi connectivity index (χ3v) is 2.59. The van der Waals surface area contributed by atoms with Gasteiger partial charge in [-0.1, -0.05) is 19.9 Å². The lowest BCUT2D eigenvalue weighted by Gasteiger charge is -2.16. The van der Waals surface area contributed by atoms with Gasteiger partial charge >= 0.3 is 0 Å². The van der Waals surface area contributed by atoms with E-state index in [0.29, 0.717) is 19.1 Å². The fourth-order valence-electron chi connectivity index (χ4n) is 1.71. The van der Waals surface area contributed by atoms with Crippen LogP contribution in [0.5, 0.6) is 5.88 Å². The van der Waals surface area contributed by atoms with Gasteiger partial charge in [-0.25, -0.2) is 4.98 Å². The summed E-state index contributed by atoms with van der Waals surface area (Å²) in [5, 5.41) is 3.36. The van der Waals surface area contributed by atoms with E-state index in [1.165, 1.54) is 0 Å². The largest absolute Gasteiger partial charge is 0.475 e. The highest BCUT2D eigenvalue weighted by Gasteiger charge is 2.11. The van der Waals surface area contributed by atoms with Crippen molar-refractivity contribution in [1.82, 2.24) is 10.3 Å². The Balaban J connectivity index is 2.48. The van der Waals surface area contributed by atoms with E-state index >= 15 is 0 Å². The Bertz CT molecular complexity index is 331. The van der Waals surface area contributed by atoms with Gasteiger partial charge in [0.2, 0.25) is 5.88 Å². The first kappa shape index (κ1) is 14.9. The smallest absolute Gasteiger partial charge is 0.218 e. The number of rotatable bonds is 9. The van der Waals surface area contributed by atoms with Crippen LogP contribution in [0.2, 0.25) is 0 Å². The Kier molecular flexibility index (Phi) is 7.37. The molecule has 1 atom stereocenters. The van der Waals surface area contributed by atoms with E-state index in [-0.39, 0.29) is 6.04 Å². The first-order chi connectivity index (χ1) is 8.79. The summed E-state index contributed by atoms with van der Waals surface area (Å²) in [5.74, 6) is 0.700. The summed E-state index contributed by atoms with van der Waals surface area (Å²) in [4.78, 5) is 4.28. The predicted molar refractivity (Wildman–Crippen MR) is 72.9 cm³/mol. The maximum Gasteiger partial charge on any atom is 0.218 e. The molecule has 0 bridgehead atoms. The highest BCUT2D eigenvalue weighted by Crippen LogP contribution is 2.21. The Labute approximate surface area is 110 Å². The molecule has 0 saturated heterocycles. The third kappa shape index (κ3) is 5.02. The number of hydrogen-bond acceptors (Lipinski definition) is 4. The van der Waals surface area contributed by atoms with Crippen LogP contribution in [-0.2, 0) is 4.74 Å². The second-order valence-electron chi connectivity index (χ2n) is 4.14. The zero-order chi connectivity index (χ0) is 13.2. The van der Waals surface area contributed by atoms with E-state index in [2.05, 4.69) is 31.1 Å². The molecular weight excluding hydrogens is 228 g/mol. The summed E-state index contributed by atoms with van der Waals surface area (Å²) >= 11 is 0. The van der Waals surface area contributed by atoms with Gasteiger partial charge in [0.25, 0.3) is 0 Å². The summed E-state index contributed by atoms with van der Waals surface area (Å²) in [7, 11) is 0. The van der Waals surface area contributed by atoms with Crippen LogP contribution in [0.1, 0.15) is 38.8 Å². The maximum absolute atomic E-state index is 5.68. The molecule has 0 radical (unpaired) electrons. The fourth-order valence-corrected chi connectivity index (χ4v) is 1.71. The van der Waals surface area contributed by atoms with Crippen LogP contribution >= 0.6 is 0 Å². The van der Waals surface area contributed by atoms with Crippen LogP contribution in [0.15, 0.2) is 18.3 Å². The summed E-state index contributed by atoms with van der Waals surface area (Å²) < 4.78 is 11.1. The van der Waals surface area contributed by atoms with Crippen molar-refractivity contribution in [2.75, 3.05) is 26.4 Å². The molecule has 1 heterocycles. The van der Waals surface area contributed by atoms with Crippen LogP contribution in [0.4, 0.5) is 0 Å². The van der Waals surface area contributed by atoms with Gasteiger partial charge in [-0.15, -0.1) is 0 Å². The fraction of sp³-hybridized carbons (Fsp3) is 0.643. The first-order valence-corrected chi connectivity index (χ1v) is 6.68. The van der Waals surface area contributed by atoms with Crippen molar-refractivity contribution in [3.8, 4) is 5.88 Å². The van der Waals surface area contributed by atoms with Crippen molar-refractivity contribution in [3.63, 3.8) is 0 Å². The van der Waals surface area contributed by atoms with Crippen molar-refractivity contribution in [2.24, 2.45) is 0 Å². The zero-order valence-corrected chi connectivity index (χ0v) is 11.6. The number of aromatic nitrogens is 1. The molecule has 1 aromatic rings. The molecule has 0 aliphatic carbocycles. The van der Waals surface area contributed by atoms with Gasteiger partial charge in [0.05, 0.1) is 6.61 Å². The minimum absolute atomic E-state index is 0.246.